The Bertz CT molecular complexity index is 2800. The van der Waals surface area contributed by atoms with Crippen LogP contribution in [0.5, 0.6) is 0 Å². The monoisotopic (exact) mass is 640 g/mol. The first-order valence-electron chi connectivity index (χ1n) is 16.7. The summed E-state index contributed by atoms with van der Waals surface area (Å²) in [6.07, 6.45) is 0. The number of rotatable bonds is 5. The van der Waals surface area contributed by atoms with Gasteiger partial charge < -0.3 is 8.98 Å². The van der Waals surface area contributed by atoms with Crippen LogP contribution in [-0.4, -0.2) is 19.5 Å². The van der Waals surface area contributed by atoms with Gasteiger partial charge in [0.1, 0.15) is 11.2 Å². The van der Waals surface area contributed by atoms with E-state index in [0.29, 0.717) is 17.5 Å². The number of para-hydroxylation sites is 2. The Morgan fingerprint density at radius 2 is 0.940 bits per heavy atom. The maximum atomic E-state index is 6.55. The van der Waals surface area contributed by atoms with Gasteiger partial charge in [-0.05, 0) is 53.6 Å². The molecular formula is C45H28N4O. The Labute approximate surface area is 287 Å². The average Bonchev–Trinajstić information content (AvgIpc) is 3.74. The van der Waals surface area contributed by atoms with E-state index in [2.05, 4.69) is 102 Å². The van der Waals surface area contributed by atoms with Crippen molar-refractivity contribution < 1.29 is 4.42 Å². The maximum Gasteiger partial charge on any atom is 0.164 e. The summed E-state index contributed by atoms with van der Waals surface area (Å²) in [5.74, 6) is 1.92. The molecule has 234 valence electrons. The molecule has 7 aromatic carbocycles. The van der Waals surface area contributed by atoms with E-state index in [4.69, 9.17) is 19.4 Å². The fourth-order valence-corrected chi connectivity index (χ4v) is 7.09. The normalized spacial score (nSPS) is 11.6. The van der Waals surface area contributed by atoms with Gasteiger partial charge in [-0.25, -0.2) is 15.0 Å². The predicted octanol–water partition coefficient (Wildman–Crippen LogP) is 11.5. The molecule has 0 N–H and O–H groups in total. The van der Waals surface area contributed by atoms with Gasteiger partial charge in [0.15, 0.2) is 17.5 Å². The third-order valence-electron chi connectivity index (χ3n) is 9.44. The lowest BCUT2D eigenvalue weighted by molar-refractivity contribution is 0.673. The number of nitrogens with zero attached hydrogens (tertiary/aromatic N) is 4. The second-order valence-corrected chi connectivity index (χ2v) is 12.5. The van der Waals surface area contributed by atoms with Gasteiger partial charge in [-0.2, -0.15) is 0 Å². The van der Waals surface area contributed by atoms with E-state index >= 15 is 0 Å². The molecule has 0 unspecified atom stereocenters. The van der Waals surface area contributed by atoms with E-state index in [1.54, 1.807) is 0 Å². The van der Waals surface area contributed by atoms with Crippen LogP contribution in [0, 0.1) is 0 Å². The topological polar surface area (TPSA) is 56.7 Å². The molecule has 0 radical (unpaired) electrons. The van der Waals surface area contributed by atoms with Crippen LogP contribution < -0.4 is 0 Å². The molecule has 0 atom stereocenters. The molecule has 0 saturated heterocycles. The Balaban J connectivity index is 1.16. The smallest absolute Gasteiger partial charge is 0.164 e. The number of hydrogen-bond donors (Lipinski definition) is 0. The van der Waals surface area contributed by atoms with Gasteiger partial charge in [0.2, 0.25) is 0 Å². The van der Waals surface area contributed by atoms with Crippen molar-refractivity contribution in [3.8, 4) is 51.0 Å². The Hall–Kier alpha value is -6.85. The van der Waals surface area contributed by atoms with Crippen LogP contribution in [0.2, 0.25) is 0 Å². The van der Waals surface area contributed by atoms with E-state index in [9.17, 15) is 0 Å². The SMILES string of the molecule is c1ccc(-c2nc(-c3ccccc3)nc(-c3cccc(-c4ccc5c6c7oc8ccccc8c7ccc6n(-c6ccccc6)c5c4)c3)n2)cc1. The standard InChI is InChI=1S/C45H28N4O/c1-4-13-29(14-5-1)43-46-44(30-15-6-2-7-16-30)48-45(47-43)33-18-12-17-31(27-33)32-23-24-37-39(28-32)49(34-19-8-3-9-20-34)38-26-25-36-35-21-10-11-22-40(35)50-42(36)41(37)38/h1-28H. The van der Waals surface area contributed by atoms with E-state index in [1.807, 2.05) is 72.8 Å². The molecule has 3 heterocycles. The molecule has 0 aliphatic rings. The van der Waals surface area contributed by atoms with Gasteiger partial charge in [0.25, 0.3) is 0 Å². The molecule has 0 aliphatic heterocycles. The van der Waals surface area contributed by atoms with Crippen LogP contribution >= 0.6 is 0 Å². The summed E-state index contributed by atoms with van der Waals surface area (Å²) in [7, 11) is 0. The van der Waals surface area contributed by atoms with Gasteiger partial charge in [-0.1, -0.05) is 127 Å². The summed E-state index contributed by atoms with van der Waals surface area (Å²) in [6.45, 7) is 0. The minimum absolute atomic E-state index is 0.631. The summed E-state index contributed by atoms with van der Waals surface area (Å²) >= 11 is 0. The van der Waals surface area contributed by atoms with Crippen molar-refractivity contribution in [2.24, 2.45) is 0 Å². The highest BCUT2D eigenvalue weighted by Gasteiger charge is 2.20. The van der Waals surface area contributed by atoms with Gasteiger partial charge in [0, 0.05) is 38.5 Å². The lowest BCUT2D eigenvalue weighted by atomic mass is 10.0. The zero-order valence-corrected chi connectivity index (χ0v) is 26.9. The molecule has 0 saturated carbocycles. The third-order valence-corrected chi connectivity index (χ3v) is 9.44. The van der Waals surface area contributed by atoms with Gasteiger partial charge in [-0.15, -0.1) is 0 Å². The number of furan rings is 1. The highest BCUT2D eigenvalue weighted by atomic mass is 16.3. The minimum Gasteiger partial charge on any atom is -0.455 e. The van der Waals surface area contributed by atoms with Crippen molar-refractivity contribution in [2.75, 3.05) is 0 Å². The Morgan fingerprint density at radius 3 is 1.66 bits per heavy atom. The summed E-state index contributed by atoms with van der Waals surface area (Å²) in [4.78, 5) is 14.8. The first kappa shape index (κ1) is 28.2. The number of fused-ring (bicyclic) bond motifs is 7. The minimum atomic E-state index is 0.631. The molecular weight excluding hydrogens is 613 g/mol. The van der Waals surface area contributed by atoms with Crippen molar-refractivity contribution in [1.29, 1.82) is 0 Å². The molecule has 10 aromatic rings. The number of hydrogen-bond acceptors (Lipinski definition) is 4. The summed E-state index contributed by atoms with van der Waals surface area (Å²) < 4.78 is 8.90. The summed E-state index contributed by atoms with van der Waals surface area (Å²) in [5.41, 5.74) is 10.1. The molecule has 0 aliphatic carbocycles. The van der Waals surface area contributed by atoms with Crippen molar-refractivity contribution in [3.63, 3.8) is 0 Å². The first-order chi connectivity index (χ1) is 24.8. The van der Waals surface area contributed by atoms with Gasteiger partial charge >= 0.3 is 0 Å². The lowest BCUT2D eigenvalue weighted by Gasteiger charge is -2.11. The predicted molar refractivity (Wildman–Crippen MR) is 203 cm³/mol. The van der Waals surface area contributed by atoms with Crippen molar-refractivity contribution >= 4 is 43.7 Å². The molecule has 3 aromatic heterocycles. The van der Waals surface area contributed by atoms with Crippen LogP contribution in [-0.2, 0) is 0 Å². The average molecular weight is 641 g/mol. The molecule has 5 heteroatoms. The summed E-state index contributed by atoms with van der Waals surface area (Å²) in [5, 5.41) is 4.51. The molecule has 50 heavy (non-hydrogen) atoms. The number of benzene rings is 7. The zero-order chi connectivity index (χ0) is 33.0. The van der Waals surface area contributed by atoms with E-state index < -0.39 is 0 Å². The quantitative estimate of drug-likeness (QED) is 0.188. The van der Waals surface area contributed by atoms with Crippen LogP contribution in [0.4, 0.5) is 0 Å². The van der Waals surface area contributed by atoms with Crippen molar-refractivity contribution in [1.82, 2.24) is 19.5 Å². The van der Waals surface area contributed by atoms with Crippen molar-refractivity contribution in [2.45, 2.75) is 0 Å². The molecule has 0 spiro atoms. The maximum absolute atomic E-state index is 6.55. The molecule has 0 fully saturated rings. The van der Waals surface area contributed by atoms with E-state index in [-0.39, 0.29) is 0 Å². The van der Waals surface area contributed by atoms with Gasteiger partial charge in [-0.3, -0.25) is 0 Å². The molecule has 5 nitrogen and oxygen atoms in total. The molecule has 0 amide bonds. The second-order valence-electron chi connectivity index (χ2n) is 12.5. The summed E-state index contributed by atoms with van der Waals surface area (Å²) in [6, 6.07) is 58.6. The van der Waals surface area contributed by atoms with E-state index in [1.165, 1.54) is 0 Å². The fraction of sp³-hybridized carbons (Fsp3) is 0. The number of aromatic nitrogens is 4. The second kappa shape index (κ2) is 11.4. The molecule has 0 bridgehead atoms. The first-order valence-corrected chi connectivity index (χ1v) is 16.7. The highest BCUT2D eigenvalue weighted by molar-refractivity contribution is 6.24. The largest absolute Gasteiger partial charge is 0.455 e. The highest BCUT2D eigenvalue weighted by Crippen LogP contribution is 2.41. The van der Waals surface area contributed by atoms with Crippen LogP contribution in [0.3, 0.4) is 0 Å². The third kappa shape index (κ3) is 4.60. The van der Waals surface area contributed by atoms with Gasteiger partial charge in [0.05, 0.1) is 16.4 Å². The zero-order valence-electron chi connectivity index (χ0n) is 26.9. The Kier molecular flexibility index (Phi) is 6.42. The van der Waals surface area contributed by atoms with Crippen LogP contribution in [0.25, 0.3) is 94.7 Å². The van der Waals surface area contributed by atoms with E-state index in [0.717, 1.165) is 77.2 Å². The van der Waals surface area contributed by atoms with Crippen LogP contribution in [0.15, 0.2) is 174 Å². The van der Waals surface area contributed by atoms with Crippen LogP contribution in [0.1, 0.15) is 0 Å². The lowest BCUT2D eigenvalue weighted by Crippen LogP contribution is -2.00. The fourth-order valence-electron chi connectivity index (χ4n) is 7.09. The van der Waals surface area contributed by atoms with Crippen molar-refractivity contribution in [3.05, 3.63) is 170 Å². The molecule has 10 rings (SSSR count). The Morgan fingerprint density at radius 1 is 0.380 bits per heavy atom.